The number of hydrogen-bond acceptors (Lipinski definition) is 5. The molecule has 238 valence electrons. The number of rotatable bonds is 11. The molecule has 0 atom stereocenters. The minimum Gasteiger partial charge on any atom is -0.342 e. The van der Waals surface area contributed by atoms with Crippen molar-refractivity contribution in [2.24, 2.45) is 11.7 Å². The first-order valence-electron chi connectivity index (χ1n) is 16.6. The molecule has 1 aromatic heterocycles. The average Bonchev–Trinajstić information content (AvgIpc) is 3.87. The van der Waals surface area contributed by atoms with E-state index in [-0.39, 0.29) is 5.91 Å². The maximum atomic E-state index is 13.6. The van der Waals surface area contributed by atoms with Crippen LogP contribution in [0.15, 0.2) is 65.7 Å². The predicted octanol–water partition coefficient (Wildman–Crippen LogP) is 8.33. The van der Waals surface area contributed by atoms with Crippen molar-refractivity contribution in [1.29, 1.82) is 5.41 Å². The zero-order valence-electron chi connectivity index (χ0n) is 28.5. The van der Waals surface area contributed by atoms with Gasteiger partial charge >= 0.3 is 0 Å². The minimum atomic E-state index is -0.447. The Morgan fingerprint density at radius 3 is 2.36 bits per heavy atom. The Kier molecular flexibility index (Phi) is 12.8. The molecule has 2 fully saturated rings. The van der Waals surface area contributed by atoms with Crippen LogP contribution in [-0.2, 0) is 10.2 Å². The van der Waals surface area contributed by atoms with E-state index in [0.29, 0.717) is 17.5 Å². The number of nitrogens with zero attached hydrogens (tertiary/aromatic N) is 3. The van der Waals surface area contributed by atoms with E-state index in [0.717, 1.165) is 69.3 Å². The molecule has 4 rings (SSSR count). The third-order valence-corrected chi connectivity index (χ3v) is 9.28. The van der Waals surface area contributed by atoms with Crippen molar-refractivity contribution in [2.45, 2.75) is 105 Å². The van der Waals surface area contributed by atoms with Crippen LogP contribution in [0.4, 0.5) is 0 Å². The zero-order chi connectivity index (χ0) is 32.4. The summed E-state index contributed by atoms with van der Waals surface area (Å²) in [5.41, 5.74) is 14.7. The van der Waals surface area contributed by atoms with Gasteiger partial charge in [0.25, 0.3) is 0 Å². The van der Waals surface area contributed by atoms with E-state index >= 15 is 0 Å². The van der Waals surface area contributed by atoms with Crippen LogP contribution >= 0.6 is 0 Å². The maximum absolute atomic E-state index is 13.6. The van der Waals surface area contributed by atoms with Crippen LogP contribution < -0.4 is 5.73 Å². The highest BCUT2D eigenvalue weighted by Gasteiger charge is 2.54. The highest BCUT2D eigenvalue weighted by molar-refractivity contribution is 5.97. The summed E-state index contributed by atoms with van der Waals surface area (Å²) < 4.78 is 0. The van der Waals surface area contributed by atoms with Crippen molar-refractivity contribution in [3.05, 3.63) is 88.0 Å². The van der Waals surface area contributed by atoms with Crippen molar-refractivity contribution in [3.63, 3.8) is 0 Å². The first kappa shape index (κ1) is 35.1. The first-order valence-corrected chi connectivity index (χ1v) is 16.6. The van der Waals surface area contributed by atoms with Gasteiger partial charge in [0, 0.05) is 37.4 Å². The average molecular weight is 598 g/mol. The number of allylic oxidation sites excluding steroid dienone is 6. The largest absolute Gasteiger partial charge is 0.342 e. The smallest absolute Gasteiger partial charge is 0.234 e. The fourth-order valence-corrected chi connectivity index (χ4v) is 6.60. The highest BCUT2D eigenvalue weighted by atomic mass is 16.2. The molecule has 0 unspecified atom stereocenters. The number of piperidine rings is 1. The molecule has 1 amide bonds. The second-order valence-electron chi connectivity index (χ2n) is 12.5. The molecule has 1 saturated heterocycles. The number of carbonyl (C=O) groups excluding carboxylic acids is 1. The molecule has 0 spiro atoms. The topological polar surface area (TPSA) is 96.0 Å². The molecule has 2 heterocycles. The van der Waals surface area contributed by atoms with Gasteiger partial charge in [0.15, 0.2) is 0 Å². The van der Waals surface area contributed by atoms with E-state index in [1.54, 1.807) is 18.6 Å². The van der Waals surface area contributed by atoms with Gasteiger partial charge in [-0.05, 0) is 117 Å². The van der Waals surface area contributed by atoms with E-state index < -0.39 is 5.41 Å². The molecule has 0 radical (unpaired) electrons. The van der Waals surface area contributed by atoms with Gasteiger partial charge in [-0.25, -0.2) is 0 Å². The Morgan fingerprint density at radius 2 is 1.84 bits per heavy atom. The Bertz CT molecular complexity index is 1370. The lowest BCUT2D eigenvalue weighted by Crippen LogP contribution is -2.44. The van der Waals surface area contributed by atoms with E-state index in [1.807, 2.05) is 0 Å². The van der Waals surface area contributed by atoms with Gasteiger partial charge in [0.05, 0.1) is 11.1 Å². The SMILES string of the molecule is C/C=C(\C=C(\C)C(=N)CC)C(/CCC)=C(/c1cc(C2CCN(C(=O)C3(c4cnccn4)CC3)CC2)ccc1C)C(C)C.CN. The number of nitrogens with two attached hydrogens (primary N) is 1. The molecule has 44 heavy (non-hydrogen) atoms. The van der Waals surface area contributed by atoms with Gasteiger partial charge in [-0.1, -0.05) is 64.5 Å². The molecule has 0 bridgehead atoms. The van der Waals surface area contributed by atoms with Crippen molar-refractivity contribution in [2.75, 3.05) is 20.1 Å². The number of benzene rings is 1. The molecule has 1 aliphatic heterocycles. The molecular weight excluding hydrogens is 542 g/mol. The number of likely N-dealkylation sites (tertiary alicyclic amines) is 1. The summed E-state index contributed by atoms with van der Waals surface area (Å²) in [6, 6.07) is 7.05. The molecule has 6 nitrogen and oxygen atoms in total. The molecule has 2 aromatic rings. The van der Waals surface area contributed by atoms with Crippen molar-refractivity contribution >= 4 is 17.2 Å². The van der Waals surface area contributed by atoms with Crippen LogP contribution in [0.3, 0.4) is 0 Å². The lowest BCUT2D eigenvalue weighted by Gasteiger charge is -2.35. The van der Waals surface area contributed by atoms with Crippen LogP contribution in [0, 0.1) is 18.3 Å². The van der Waals surface area contributed by atoms with Gasteiger partial charge in [0.2, 0.25) is 5.91 Å². The van der Waals surface area contributed by atoms with Crippen LogP contribution in [0.5, 0.6) is 0 Å². The summed E-state index contributed by atoms with van der Waals surface area (Å²) in [7, 11) is 1.50. The molecule has 1 saturated carbocycles. The number of amides is 1. The molecule has 3 N–H and O–H groups in total. The number of aryl methyl sites for hydroxylation is 1. The molecule has 1 aliphatic carbocycles. The maximum Gasteiger partial charge on any atom is 0.234 e. The number of carbonyl (C=O) groups is 1. The Morgan fingerprint density at radius 1 is 1.16 bits per heavy atom. The van der Waals surface area contributed by atoms with Gasteiger partial charge in [-0.2, -0.15) is 0 Å². The fraction of sp³-hybridized carbons (Fsp3) is 0.526. The van der Waals surface area contributed by atoms with Crippen molar-refractivity contribution < 1.29 is 4.79 Å². The summed E-state index contributed by atoms with van der Waals surface area (Å²) >= 11 is 0. The fourth-order valence-electron chi connectivity index (χ4n) is 6.60. The summed E-state index contributed by atoms with van der Waals surface area (Å²) in [5, 5.41) is 8.37. The molecule has 2 aliphatic rings. The van der Waals surface area contributed by atoms with Crippen molar-refractivity contribution in [1.82, 2.24) is 14.9 Å². The summed E-state index contributed by atoms with van der Waals surface area (Å²) in [6.07, 6.45) is 16.1. The third kappa shape index (κ3) is 7.82. The Labute approximate surface area is 266 Å². The second kappa shape index (κ2) is 16.1. The number of nitrogens with one attached hydrogen (secondary N) is 1. The second-order valence-corrected chi connectivity index (χ2v) is 12.5. The number of aromatic nitrogens is 2. The summed E-state index contributed by atoms with van der Waals surface area (Å²) in [4.78, 5) is 24.4. The van der Waals surface area contributed by atoms with Crippen LogP contribution in [0.25, 0.3) is 5.57 Å². The van der Waals surface area contributed by atoms with E-state index in [9.17, 15) is 4.79 Å². The standard InChI is InChI=1S/C37H50N4O.CH5N/c1-8-11-31(28(9-2)22-27(7)33(38)10-3)35(25(4)5)32-23-30(13-12-26(32)6)29-14-20-41(21-15-29)36(42)37(16-17-37)34-24-39-18-19-40-34;1-2/h9,12-13,18-19,22-25,29,38H,8,10-11,14-17,20-21H2,1-7H3;2H2,1H3/b27-22-,28-9+,35-31+,38-33?;. The summed E-state index contributed by atoms with van der Waals surface area (Å²) in [6.45, 7) is 16.9. The highest BCUT2D eigenvalue weighted by Crippen LogP contribution is 2.49. The van der Waals surface area contributed by atoms with Crippen LogP contribution in [0.2, 0.25) is 0 Å². The Hall–Kier alpha value is -3.38. The van der Waals surface area contributed by atoms with E-state index in [1.165, 1.54) is 40.5 Å². The predicted molar refractivity (Wildman–Crippen MR) is 185 cm³/mol. The van der Waals surface area contributed by atoms with Gasteiger partial charge in [-0.3, -0.25) is 14.8 Å². The van der Waals surface area contributed by atoms with Gasteiger partial charge in [0.1, 0.15) is 0 Å². The van der Waals surface area contributed by atoms with Gasteiger partial charge < -0.3 is 16.0 Å². The molecular formula is C38H55N5O. The lowest BCUT2D eigenvalue weighted by atomic mass is 9.80. The zero-order valence-corrected chi connectivity index (χ0v) is 28.5. The van der Waals surface area contributed by atoms with E-state index in [2.05, 4.69) is 99.4 Å². The lowest BCUT2D eigenvalue weighted by molar-refractivity contribution is -0.135. The first-order chi connectivity index (χ1) is 21.2. The molecule has 1 aromatic carbocycles. The molecule has 6 heteroatoms. The van der Waals surface area contributed by atoms with Crippen LogP contribution in [0.1, 0.15) is 115 Å². The number of hydrogen-bond donors (Lipinski definition) is 2. The Balaban J connectivity index is 0.00000259. The van der Waals surface area contributed by atoms with Gasteiger partial charge in [-0.15, -0.1) is 0 Å². The summed E-state index contributed by atoms with van der Waals surface area (Å²) in [5.74, 6) is 1.04. The van der Waals surface area contributed by atoms with E-state index in [4.69, 9.17) is 5.41 Å². The van der Waals surface area contributed by atoms with Crippen LogP contribution in [-0.4, -0.2) is 46.6 Å². The third-order valence-electron chi connectivity index (χ3n) is 9.28. The minimum absolute atomic E-state index is 0.235. The normalized spacial score (nSPS) is 17.5. The van der Waals surface area contributed by atoms with Crippen molar-refractivity contribution in [3.8, 4) is 0 Å². The monoisotopic (exact) mass is 597 g/mol. The quantitative estimate of drug-likeness (QED) is 0.201.